The van der Waals surface area contributed by atoms with E-state index in [1.54, 1.807) is 19.1 Å². The molecule has 0 rings (SSSR count). The molecule has 0 atom stereocenters. The lowest BCUT2D eigenvalue weighted by Gasteiger charge is -1.97. The summed E-state index contributed by atoms with van der Waals surface area (Å²) in [6, 6.07) is 0. The van der Waals surface area contributed by atoms with E-state index >= 15 is 0 Å². The molecule has 0 aliphatic heterocycles. The number of esters is 1. The van der Waals surface area contributed by atoms with Crippen molar-refractivity contribution in [3.05, 3.63) is 60.8 Å². The van der Waals surface area contributed by atoms with Crippen molar-refractivity contribution in [2.24, 2.45) is 0 Å². The molecule has 0 spiro atoms. The zero-order chi connectivity index (χ0) is 17.0. The molecule has 0 N–H and O–H groups in total. The van der Waals surface area contributed by atoms with Crippen molar-refractivity contribution in [1.82, 2.24) is 0 Å². The van der Waals surface area contributed by atoms with Gasteiger partial charge in [-0.05, 0) is 19.8 Å². The second kappa shape index (κ2) is 18.2. The molecule has 0 unspecified atom stereocenters. The van der Waals surface area contributed by atoms with Gasteiger partial charge in [-0.3, -0.25) is 0 Å². The van der Waals surface area contributed by atoms with Gasteiger partial charge in [-0.15, -0.1) is 0 Å². The van der Waals surface area contributed by atoms with Crippen LogP contribution in [0.4, 0.5) is 0 Å². The zero-order valence-corrected chi connectivity index (χ0v) is 14.7. The molecule has 0 bridgehead atoms. The van der Waals surface area contributed by atoms with Gasteiger partial charge in [0.2, 0.25) is 0 Å². The van der Waals surface area contributed by atoms with Crippen LogP contribution >= 0.6 is 0 Å². The Morgan fingerprint density at radius 1 is 0.739 bits per heavy atom. The first-order chi connectivity index (χ1) is 11.3. The van der Waals surface area contributed by atoms with Crippen LogP contribution in [-0.4, -0.2) is 12.6 Å². The number of allylic oxidation sites excluding steroid dienone is 9. The normalized spacial score (nSPS) is 12.6. The Balaban J connectivity index is 3.61. The van der Waals surface area contributed by atoms with Gasteiger partial charge < -0.3 is 4.74 Å². The van der Waals surface area contributed by atoms with E-state index in [1.807, 2.05) is 30.4 Å². The van der Waals surface area contributed by atoms with E-state index in [0.29, 0.717) is 6.61 Å². The summed E-state index contributed by atoms with van der Waals surface area (Å²) in [4.78, 5) is 11.0. The topological polar surface area (TPSA) is 26.3 Å². The fourth-order valence-corrected chi connectivity index (χ4v) is 1.93. The molecule has 128 valence electrons. The quantitative estimate of drug-likeness (QED) is 0.178. The second-order valence-electron chi connectivity index (χ2n) is 5.25. The van der Waals surface area contributed by atoms with Crippen LogP contribution in [-0.2, 0) is 9.53 Å². The average Bonchev–Trinajstić information content (AvgIpc) is 2.54. The van der Waals surface area contributed by atoms with E-state index in [-0.39, 0.29) is 5.97 Å². The molecule has 0 aromatic rings. The van der Waals surface area contributed by atoms with Crippen LogP contribution in [0.1, 0.15) is 58.8 Å². The molecule has 0 saturated heterocycles. The maximum absolute atomic E-state index is 11.0. The summed E-state index contributed by atoms with van der Waals surface area (Å²) in [5.41, 5.74) is 0. The van der Waals surface area contributed by atoms with Crippen LogP contribution in [0.2, 0.25) is 0 Å². The molecule has 0 aliphatic carbocycles. The average molecular weight is 316 g/mol. The Morgan fingerprint density at radius 2 is 1.30 bits per heavy atom. The largest absolute Gasteiger partial charge is 0.463 e. The Hall–Kier alpha value is -1.83. The summed E-state index contributed by atoms with van der Waals surface area (Å²) in [5.74, 6) is -0.309. The van der Waals surface area contributed by atoms with Gasteiger partial charge in [-0.1, -0.05) is 93.7 Å². The molecule has 0 fully saturated rings. The third kappa shape index (κ3) is 18.1. The summed E-state index contributed by atoms with van der Waals surface area (Å²) in [7, 11) is 0. The summed E-state index contributed by atoms with van der Waals surface area (Å²) in [5, 5.41) is 0. The Kier molecular flexibility index (Phi) is 16.8. The van der Waals surface area contributed by atoms with Crippen LogP contribution in [0.3, 0.4) is 0 Å². The minimum absolute atomic E-state index is 0.309. The summed E-state index contributed by atoms with van der Waals surface area (Å²) in [6.07, 6.45) is 28.2. The van der Waals surface area contributed by atoms with Crippen molar-refractivity contribution in [3.8, 4) is 0 Å². The standard InChI is InChI=1S/C21H32O2/c1-3-5-6-7-8-9-10-11-12-13-14-15-16-17-18-19-20-21(22)23-4-2/h11-20H,3-10H2,1-2H3/b12-11+,14-13+,16-15+,18-17+,20-19+. The van der Waals surface area contributed by atoms with Crippen LogP contribution in [0, 0.1) is 0 Å². The number of hydrogen-bond donors (Lipinski definition) is 0. The third-order valence-corrected chi connectivity index (χ3v) is 3.16. The second-order valence-corrected chi connectivity index (χ2v) is 5.25. The molecule has 0 aliphatic rings. The first-order valence-corrected chi connectivity index (χ1v) is 8.81. The van der Waals surface area contributed by atoms with E-state index < -0.39 is 0 Å². The van der Waals surface area contributed by atoms with Crippen LogP contribution in [0.5, 0.6) is 0 Å². The minimum atomic E-state index is -0.309. The number of carbonyl (C=O) groups is 1. The highest BCUT2D eigenvalue weighted by Gasteiger charge is 1.89. The number of unbranched alkanes of at least 4 members (excludes halogenated alkanes) is 6. The lowest BCUT2D eigenvalue weighted by atomic mass is 10.1. The first kappa shape index (κ1) is 21.2. The Labute approximate surface area is 142 Å². The Bertz CT molecular complexity index is 412. The van der Waals surface area contributed by atoms with Crippen molar-refractivity contribution in [1.29, 1.82) is 0 Å². The van der Waals surface area contributed by atoms with E-state index in [4.69, 9.17) is 4.74 Å². The molecular formula is C21H32O2. The van der Waals surface area contributed by atoms with Gasteiger partial charge in [0.1, 0.15) is 0 Å². The van der Waals surface area contributed by atoms with E-state index in [1.165, 1.54) is 51.0 Å². The van der Waals surface area contributed by atoms with Gasteiger partial charge in [-0.25, -0.2) is 4.79 Å². The molecule has 23 heavy (non-hydrogen) atoms. The number of carbonyl (C=O) groups excluding carboxylic acids is 1. The smallest absolute Gasteiger partial charge is 0.330 e. The summed E-state index contributed by atoms with van der Waals surface area (Å²) in [6.45, 7) is 4.45. The van der Waals surface area contributed by atoms with Gasteiger partial charge in [-0.2, -0.15) is 0 Å². The van der Waals surface area contributed by atoms with Crippen molar-refractivity contribution in [2.75, 3.05) is 6.61 Å². The predicted molar refractivity (Wildman–Crippen MR) is 100 cm³/mol. The third-order valence-electron chi connectivity index (χ3n) is 3.16. The van der Waals surface area contributed by atoms with Gasteiger partial charge >= 0.3 is 5.97 Å². The van der Waals surface area contributed by atoms with Crippen molar-refractivity contribution in [2.45, 2.75) is 58.8 Å². The fourth-order valence-electron chi connectivity index (χ4n) is 1.93. The van der Waals surface area contributed by atoms with E-state index in [9.17, 15) is 4.79 Å². The molecule has 0 aromatic heterocycles. The van der Waals surface area contributed by atoms with Crippen LogP contribution in [0.25, 0.3) is 0 Å². The first-order valence-electron chi connectivity index (χ1n) is 8.81. The van der Waals surface area contributed by atoms with Crippen LogP contribution < -0.4 is 0 Å². The molecule has 0 aromatic carbocycles. The Morgan fingerprint density at radius 3 is 1.96 bits per heavy atom. The minimum Gasteiger partial charge on any atom is -0.463 e. The molecule has 0 amide bonds. The molecule has 2 heteroatoms. The van der Waals surface area contributed by atoms with Gasteiger partial charge in [0.15, 0.2) is 0 Å². The monoisotopic (exact) mass is 316 g/mol. The van der Waals surface area contributed by atoms with Gasteiger partial charge in [0.05, 0.1) is 6.61 Å². The highest BCUT2D eigenvalue weighted by atomic mass is 16.5. The molecule has 0 saturated carbocycles. The molecule has 2 nitrogen and oxygen atoms in total. The van der Waals surface area contributed by atoms with Gasteiger partial charge in [0, 0.05) is 6.08 Å². The zero-order valence-electron chi connectivity index (χ0n) is 14.7. The van der Waals surface area contributed by atoms with Crippen molar-refractivity contribution in [3.63, 3.8) is 0 Å². The highest BCUT2D eigenvalue weighted by molar-refractivity contribution is 5.82. The SMILES string of the molecule is CCCCCCCC/C=C/C=C/C=C/C=C/C=C/C(=O)OCC. The number of hydrogen-bond acceptors (Lipinski definition) is 2. The van der Waals surface area contributed by atoms with Crippen LogP contribution in [0.15, 0.2) is 60.8 Å². The number of rotatable bonds is 13. The van der Waals surface area contributed by atoms with E-state index in [2.05, 4.69) is 19.1 Å². The molecule has 0 heterocycles. The highest BCUT2D eigenvalue weighted by Crippen LogP contribution is 2.07. The maximum Gasteiger partial charge on any atom is 0.330 e. The van der Waals surface area contributed by atoms with Crippen molar-refractivity contribution < 1.29 is 9.53 Å². The molecular weight excluding hydrogens is 284 g/mol. The summed E-state index contributed by atoms with van der Waals surface area (Å²) < 4.78 is 4.77. The predicted octanol–water partition coefficient (Wildman–Crippen LogP) is 6.08. The van der Waals surface area contributed by atoms with Crippen molar-refractivity contribution >= 4 is 5.97 Å². The summed E-state index contributed by atoms with van der Waals surface area (Å²) >= 11 is 0. The van der Waals surface area contributed by atoms with Gasteiger partial charge in [0.25, 0.3) is 0 Å². The lowest BCUT2D eigenvalue weighted by molar-refractivity contribution is -0.137. The maximum atomic E-state index is 11.0. The molecule has 0 radical (unpaired) electrons. The lowest BCUT2D eigenvalue weighted by Crippen LogP contribution is -1.98. The number of ether oxygens (including phenoxy) is 1. The van der Waals surface area contributed by atoms with E-state index in [0.717, 1.165) is 0 Å². The fraction of sp³-hybridized carbons (Fsp3) is 0.476.